The van der Waals surface area contributed by atoms with Crippen molar-refractivity contribution < 1.29 is 32.2 Å². The summed E-state index contributed by atoms with van der Waals surface area (Å²) in [6.45, 7) is 0.404. The molecule has 5 rings (SSSR count). The molecule has 0 unspecified atom stereocenters. The van der Waals surface area contributed by atoms with Gasteiger partial charge in [0.2, 0.25) is 5.91 Å². The van der Waals surface area contributed by atoms with Crippen LogP contribution in [0.25, 0.3) is 0 Å². The minimum absolute atomic E-state index is 0.0180. The van der Waals surface area contributed by atoms with Gasteiger partial charge in [0.05, 0.1) is 31.7 Å². The van der Waals surface area contributed by atoms with Gasteiger partial charge in [0.25, 0.3) is 5.91 Å². The Balaban J connectivity index is 1.65. The van der Waals surface area contributed by atoms with Gasteiger partial charge in [-0.15, -0.1) is 0 Å². The zero-order valence-corrected chi connectivity index (χ0v) is 19.6. The molecule has 2 heterocycles. The number of benzene rings is 3. The first-order valence-corrected chi connectivity index (χ1v) is 11.4. The van der Waals surface area contributed by atoms with Crippen molar-refractivity contribution in [3.63, 3.8) is 0 Å². The maximum Gasteiger partial charge on any atom is 0.416 e. The SMILES string of the molecule is COc1cc2c(cc1OC)[C@H](C(=O)Nc1cccc(C(F)(F)F)c1)[C@H]1c3ccccc3CCN1C2=O. The van der Waals surface area contributed by atoms with Crippen LogP contribution in [-0.2, 0) is 17.4 Å². The molecule has 3 aromatic rings. The van der Waals surface area contributed by atoms with Gasteiger partial charge in [-0.05, 0) is 53.4 Å². The number of amides is 2. The second kappa shape index (κ2) is 8.89. The monoisotopic (exact) mass is 496 g/mol. The van der Waals surface area contributed by atoms with E-state index in [2.05, 4.69) is 5.32 Å². The number of halogens is 3. The summed E-state index contributed by atoms with van der Waals surface area (Å²) in [6, 6.07) is 14.6. The van der Waals surface area contributed by atoms with Gasteiger partial charge >= 0.3 is 6.18 Å². The molecule has 0 aromatic heterocycles. The lowest BCUT2D eigenvalue weighted by Crippen LogP contribution is -2.49. The third-order valence-corrected chi connectivity index (χ3v) is 6.77. The molecule has 2 aliphatic heterocycles. The summed E-state index contributed by atoms with van der Waals surface area (Å²) in [5, 5.41) is 2.66. The normalized spacial score (nSPS) is 18.6. The Kier molecular flexibility index (Phi) is 5.86. The Morgan fingerprint density at radius 3 is 2.42 bits per heavy atom. The molecule has 9 heteroatoms. The first-order chi connectivity index (χ1) is 17.2. The maximum atomic E-state index is 13.8. The zero-order chi connectivity index (χ0) is 25.6. The molecule has 1 N–H and O–H groups in total. The van der Waals surface area contributed by atoms with Gasteiger partial charge in [-0.2, -0.15) is 13.2 Å². The second-order valence-electron chi connectivity index (χ2n) is 8.73. The van der Waals surface area contributed by atoms with Gasteiger partial charge < -0.3 is 19.7 Å². The van der Waals surface area contributed by atoms with Crippen molar-refractivity contribution in [3.8, 4) is 11.5 Å². The van der Waals surface area contributed by atoms with Crippen molar-refractivity contribution in [2.24, 2.45) is 0 Å². The molecule has 0 aliphatic carbocycles. The quantitative estimate of drug-likeness (QED) is 0.539. The average molecular weight is 496 g/mol. The van der Waals surface area contributed by atoms with E-state index in [-0.39, 0.29) is 11.6 Å². The van der Waals surface area contributed by atoms with E-state index in [0.717, 1.165) is 23.3 Å². The molecule has 2 amide bonds. The summed E-state index contributed by atoms with van der Waals surface area (Å²) in [4.78, 5) is 29.1. The summed E-state index contributed by atoms with van der Waals surface area (Å²) >= 11 is 0. The van der Waals surface area contributed by atoms with Crippen molar-refractivity contribution in [2.75, 3.05) is 26.1 Å². The fraction of sp³-hybridized carbons (Fsp3) is 0.259. The Hall–Kier alpha value is -4.01. The van der Waals surface area contributed by atoms with Crippen LogP contribution in [0.2, 0.25) is 0 Å². The largest absolute Gasteiger partial charge is 0.493 e. The highest BCUT2D eigenvalue weighted by atomic mass is 19.4. The minimum Gasteiger partial charge on any atom is -0.493 e. The van der Waals surface area contributed by atoms with E-state index in [4.69, 9.17) is 9.47 Å². The van der Waals surface area contributed by atoms with E-state index in [0.29, 0.717) is 35.6 Å². The zero-order valence-electron chi connectivity index (χ0n) is 19.6. The van der Waals surface area contributed by atoms with E-state index in [1.165, 1.54) is 26.4 Å². The number of hydrogen-bond donors (Lipinski definition) is 1. The van der Waals surface area contributed by atoms with Gasteiger partial charge in [0.15, 0.2) is 11.5 Å². The summed E-state index contributed by atoms with van der Waals surface area (Å²) in [6.07, 6.45) is -3.92. The summed E-state index contributed by atoms with van der Waals surface area (Å²) < 4.78 is 50.6. The van der Waals surface area contributed by atoms with E-state index < -0.39 is 29.6 Å². The molecule has 6 nitrogen and oxygen atoms in total. The third kappa shape index (κ3) is 3.94. The molecule has 0 saturated heterocycles. The number of anilines is 1. The molecule has 0 fully saturated rings. The molecular weight excluding hydrogens is 473 g/mol. The van der Waals surface area contributed by atoms with Crippen LogP contribution < -0.4 is 14.8 Å². The van der Waals surface area contributed by atoms with Gasteiger partial charge in [-0.1, -0.05) is 30.3 Å². The topological polar surface area (TPSA) is 67.9 Å². The van der Waals surface area contributed by atoms with Crippen LogP contribution in [0.3, 0.4) is 0 Å². The number of nitrogens with one attached hydrogen (secondary N) is 1. The van der Waals surface area contributed by atoms with Crippen LogP contribution in [0.1, 0.15) is 44.6 Å². The van der Waals surface area contributed by atoms with Gasteiger partial charge in [-0.3, -0.25) is 9.59 Å². The second-order valence-corrected chi connectivity index (χ2v) is 8.73. The highest BCUT2D eigenvalue weighted by molar-refractivity contribution is 6.05. The summed E-state index contributed by atoms with van der Waals surface area (Å²) in [5.41, 5.74) is 1.74. The van der Waals surface area contributed by atoms with Crippen molar-refractivity contribution in [1.29, 1.82) is 0 Å². The molecule has 0 spiro atoms. The van der Waals surface area contributed by atoms with E-state index >= 15 is 0 Å². The standard InChI is InChI=1S/C27H23F3N2O4/c1-35-21-13-19-20(14-22(21)36-2)26(34)32-11-10-15-6-3-4-9-18(15)24(32)23(19)25(33)31-17-8-5-7-16(12-17)27(28,29)30/h3-9,12-14,23-24H,10-11H2,1-2H3,(H,31,33)/t23-,24+/m0/s1. The Labute approximate surface area is 205 Å². The minimum atomic E-state index is -4.55. The number of fused-ring (bicyclic) bond motifs is 4. The number of ether oxygens (including phenoxy) is 2. The molecule has 186 valence electrons. The molecule has 0 bridgehead atoms. The molecule has 2 atom stereocenters. The Morgan fingerprint density at radius 1 is 0.972 bits per heavy atom. The number of nitrogens with zero attached hydrogens (tertiary/aromatic N) is 1. The number of carbonyl (C=O) groups excluding carboxylic acids is 2. The first kappa shape index (κ1) is 23.7. The number of hydrogen-bond acceptors (Lipinski definition) is 4. The van der Waals surface area contributed by atoms with Crippen molar-refractivity contribution in [2.45, 2.75) is 24.6 Å². The highest BCUT2D eigenvalue weighted by Gasteiger charge is 2.47. The fourth-order valence-corrected chi connectivity index (χ4v) is 5.13. The molecule has 0 saturated carbocycles. The van der Waals surface area contributed by atoms with E-state index in [9.17, 15) is 22.8 Å². The van der Waals surface area contributed by atoms with Crippen LogP contribution in [0.15, 0.2) is 60.7 Å². The molecule has 2 aliphatic rings. The molecular formula is C27H23F3N2O4. The van der Waals surface area contributed by atoms with E-state index in [1.807, 2.05) is 24.3 Å². The number of carbonyl (C=O) groups is 2. The summed E-state index contributed by atoms with van der Waals surface area (Å²) in [7, 11) is 2.91. The van der Waals surface area contributed by atoms with Crippen LogP contribution >= 0.6 is 0 Å². The van der Waals surface area contributed by atoms with Gasteiger partial charge in [0, 0.05) is 17.8 Å². The van der Waals surface area contributed by atoms with Crippen LogP contribution in [0.5, 0.6) is 11.5 Å². The Morgan fingerprint density at radius 2 is 1.69 bits per heavy atom. The van der Waals surface area contributed by atoms with Crippen molar-refractivity contribution in [1.82, 2.24) is 4.90 Å². The average Bonchev–Trinajstić information content (AvgIpc) is 2.87. The maximum absolute atomic E-state index is 13.8. The first-order valence-electron chi connectivity index (χ1n) is 11.4. The fourth-order valence-electron chi connectivity index (χ4n) is 5.13. The lowest BCUT2D eigenvalue weighted by atomic mass is 9.75. The van der Waals surface area contributed by atoms with E-state index in [1.54, 1.807) is 17.0 Å². The third-order valence-electron chi connectivity index (χ3n) is 6.77. The lowest BCUT2D eigenvalue weighted by Gasteiger charge is -2.45. The highest BCUT2D eigenvalue weighted by Crippen LogP contribution is 2.48. The van der Waals surface area contributed by atoms with Gasteiger partial charge in [0.1, 0.15) is 0 Å². The predicted molar refractivity (Wildman–Crippen MR) is 126 cm³/mol. The van der Waals surface area contributed by atoms with Crippen LogP contribution in [0, 0.1) is 0 Å². The lowest BCUT2D eigenvalue weighted by molar-refractivity contribution is -0.137. The number of methoxy groups -OCH3 is 2. The van der Waals surface area contributed by atoms with Crippen LogP contribution in [0.4, 0.5) is 18.9 Å². The van der Waals surface area contributed by atoms with Crippen molar-refractivity contribution in [3.05, 3.63) is 88.5 Å². The Bertz CT molecular complexity index is 1360. The van der Waals surface area contributed by atoms with Crippen LogP contribution in [-0.4, -0.2) is 37.5 Å². The predicted octanol–water partition coefficient (Wildman–Crippen LogP) is 5.20. The smallest absolute Gasteiger partial charge is 0.416 e. The molecule has 36 heavy (non-hydrogen) atoms. The van der Waals surface area contributed by atoms with Gasteiger partial charge in [-0.25, -0.2) is 0 Å². The number of alkyl halides is 3. The molecule has 3 aromatic carbocycles. The number of rotatable bonds is 4. The molecule has 0 radical (unpaired) electrons. The summed E-state index contributed by atoms with van der Waals surface area (Å²) in [5.74, 6) is -0.972. The van der Waals surface area contributed by atoms with Crippen molar-refractivity contribution >= 4 is 17.5 Å².